The Morgan fingerprint density at radius 3 is 2.33 bits per heavy atom. The van der Waals surface area contributed by atoms with E-state index in [0.29, 0.717) is 12.1 Å². The minimum absolute atomic E-state index is 0.0484. The second-order valence-corrected chi connectivity index (χ2v) is 6.72. The van der Waals surface area contributed by atoms with Crippen molar-refractivity contribution in [2.24, 2.45) is 0 Å². The van der Waals surface area contributed by atoms with Crippen LogP contribution in [0, 0.1) is 13.8 Å². The topological polar surface area (TPSA) is 66.4 Å². The molecule has 0 atom stereocenters. The summed E-state index contributed by atoms with van der Waals surface area (Å²) in [5, 5.41) is 8.87. The molecule has 0 fully saturated rings. The van der Waals surface area contributed by atoms with E-state index in [4.69, 9.17) is 5.11 Å². The van der Waals surface area contributed by atoms with Gasteiger partial charge < -0.3 is 5.11 Å². The van der Waals surface area contributed by atoms with Crippen molar-refractivity contribution in [1.82, 2.24) is 0 Å². The molecule has 0 aromatic heterocycles. The van der Waals surface area contributed by atoms with E-state index in [9.17, 15) is 8.42 Å². The van der Waals surface area contributed by atoms with E-state index < -0.39 is 10.0 Å². The fourth-order valence-electron chi connectivity index (χ4n) is 2.01. The van der Waals surface area contributed by atoms with Gasteiger partial charge in [0.05, 0.1) is 10.6 Å². The highest BCUT2D eigenvalue weighted by atomic mass is 32.2. The Morgan fingerprint density at radius 2 is 1.71 bits per heavy atom. The largest absolute Gasteiger partial charge is 0.396 e. The van der Waals surface area contributed by atoms with Crippen molar-refractivity contribution < 1.29 is 13.5 Å². The van der Waals surface area contributed by atoms with Crippen LogP contribution in [0.5, 0.6) is 0 Å². The standard InChI is InChI=1S/C16H19NO3S/c1-12-3-4-13(2)16(11-12)17-21(19,20)15-7-5-14(6-8-15)9-10-18/h3-8,11,17-18H,9-10H2,1-2H3. The van der Waals surface area contributed by atoms with Crippen LogP contribution in [0.25, 0.3) is 0 Å². The SMILES string of the molecule is Cc1ccc(C)c(NS(=O)(=O)c2ccc(CCO)cc2)c1. The molecule has 0 unspecified atom stereocenters. The zero-order chi connectivity index (χ0) is 15.5. The summed E-state index contributed by atoms with van der Waals surface area (Å²) in [6, 6.07) is 12.2. The van der Waals surface area contributed by atoms with Gasteiger partial charge in [0.1, 0.15) is 0 Å². The van der Waals surface area contributed by atoms with Crippen molar-refractivity contribution in [2.75, 3.05) is 11.3 Å². The molecule has 0 bridgehead atoms. The molecule has 4 nitrogen and oxygen atoms in total. The van der Waals surface area contributed by atoms with Gasteiger partial charge in [-0.3, -0.25) is 4.72 Å². The Morgan fingerprint density at radius 1 is 1.05 bits per heavy atom. The molecule has 0 aliphatic rings. The van der Waals surface area contributed by atoms with Gasteiger partial charge in [-0.25, -0.2) is 8.42 Å². The fourth-order valence-corrected chi connectivity index (χ4v) is 3.14. The number of hydrogen-bond acceptors (Lipinski definition) is 3. The summed E-state index contributed by atoms with van der Waals surface area (Å²) in [5.74, 6) is 0. The molecule has 0 spiro atoms. The predicted octanol–water partition coefficient (Wildman–Crippen LogP) is 2.64. The summed E-state index contributed by atoms with van der Waals surface area (Å²) < 4.78 is 27.4. The van der Waals surface area contributed by atoms with Crippen LogP contribution in [0.1, 0.15) is 16.7 Å². The highest BCUT2D eigenvalue weighted by molar-refractivity contribution is 7.92. The average Bonchev–Trinajstić information content (AvgIpc) is 2.44. The lowest BCUT2D eigenvalue weighted by Gasteiger charge is -2.11. The lowest BCUT2D eigenvalue weighted by molar-refractivity contribution is 0.299. The van der Waals surface area contributed by atoms with Crippen LogP contribution >= 0.6 is 0 Å². The number of aliphatic hydroxyl groups excluding tert-OH is 1. The lowest BCUT2D eigenvalue weighted by Crippen LogP contribution is -2.14. The third-order valence-electron chi connectivity index (χ3n) is 3.27. The number of aryl methyl sites for hydroxylation is 2. The highest BCUT2D eigenvalue weighted by Crippen LogP contribution is 2.21. The Labute approximate surface area is 125 Å². The molecule has 21 heavy (non-hydrogen) atoms. The van der Waals surface area contributed by atoms with Crippen molar-refractivity contribution in [3.05, 3.63) is 59.2 Å². The van der Waals surface area contributed by atoms with Gasteiger partial charge in [0.15, 0.2) is 0 Å². The first-order valence-electron chi connectivity index (χ1n) is 6.72. The Balaban J connectivity index is 2.27. The van der Waals surface area contributed by atoms with E-state index in [1.165, 1.54) is 0 Å². The molecule has 0 amide bonds. The van der Waals surface area contributed by atoms with E-state index in [0.717, 1.165) is 16.7 Å². The summed E-state index contributed by atoms with van der Waals surface area (Å²) in [7, 11) is -3.60. The highest BCUT2D eigenvalue weighted by Gasteiger charge is 2.15. The van der Waals surface area contributed by atoms with Crippen molar-refractivity contribution >= 4 is 15.7 Å². The quantitative estimate of drug-likeness (QED) is 0.892. The zero-order valence-electron chi connectivity index (χ0n) is 12.1. The van der Waals surface area contributed by atoms with Crippen molar-refractivity contribution in [3.8, 4) is 0 Å². The first-order valence-corrected chi connectivity index (χ1v) is 8.20. The maximum absolute atomic E-state index is 12.4. The molecule has 0 radical (unpaired) electrons. The molecule has 0 heterocycles. The van der Waals surface area contributed by atoms with Crippen LogP contribution in [0.4, 0.5) is 5.69 Å². The Bertz CT molecular complexity index is 722. The molecule has 2 aromatic carbocycles. The minimum atomic E-state index is -3.60. The van der Waals surface area contributed by atoms with Crippen LogP contribution in [0.3, 0.4) is 0 Å². The second kappa shape index (κ2) is 6.28. The molecule has 0 aliphatic heterocycles. The number of benzene rings is 2. The summed E-state index contributed by atoms with van der Waals surface area (Å²) in [6.07, 6.45) is 0.519. The molecule has 2 N–H and O–H groups in total. The molecule has 5 heteroatoms. The number of sulfonamides is 1. The number of nitrogens with one attached hydrogen (secondary N) is 1. The van der Waals surface area contributed by atoms with Crippen molar-refractivity contribution in [3.63, 3.8) is 0 Å². The third-order valence-corrected chi connectivity index (χ3v) is 4.65. The van der Waals surface area contributed by atoms with Gasteiger partial charge >= 0.3 is 0 Å². The molecular formula is C16H19NO3S. The smallest absolute Gasteiger partial charge is 0.261 e. The van der Waals surface area contributed by atoms with Crippen molar-refractivity contribution in [1.29, 1.82) is 0 Å². The van der Waals surface area contributed by atoms with Gasteiger partial charge in [-0.2, -0.15) is 0 Å². The van der Waals surface area contributed by atoms with Crippen LogP contribution in [-0.2, 0) is 16.4 Å². The molecule has 112 valence electrons. The minimum Gasteiger partial charge on any atom is -0.396 e. The molecule has 2 rings (SSSR count). The number of hydrogen-bond donors (Lipinski definition) is 2. The molecular weight excluding hydrogens is 286 g/mol. The maximum Gasteiger partial charge on any atom is 0.261 e. The van der Waals surface area contributed by atoms with Gasteiger partial charge in [0.2, 0.25) is 0 Å². The van der Waals surface area contributed by atoms with E-state index in [2.05, 4.69) is 4.72 Å². The summed E-state index contributed by atoms with van der Waals surface area (Å²) in [4.78, 5) is 0.213. The van der Waals surface area contributed by atoms with Gasteiger partial charge in [-0.05, 0) is 55.2 Å². The zero-order valence-corrected chi connectivity index (χ0v) is 12.9. The predicted molar refractivity (Wildman–Crippen MR) is 84.0 cm³/mol. The molecule has 2 aromatic rings. The summed E-state index contributed by atoms with van der Waals surface area (Å²) in [6.45, 7) is 3.83. The summed E-state index contributed by atoms with van der Waals surface area (Å²) >= 11 is 0. The summed E-state index contributed by atoms with van der Waals surface area (Å²) in [5.41, 5.74) is 3.37. The number of anilines is 1. The van der Waals surface area contributed by atoms with Gasteiger partial charge in [-0.1, -0.05) is 24.3 Å². The van der Waals surface area contributed by atoms with Gasteiger partial charge in [0, 0.05) is 6.61 Å². The van der Waals surface area contributed by atoms with Crippen LogP contribution < -0.4 is 4.72 Å². The first kappa shape index (κ1) is 15.5. The lowest BCUT2D eigenvalue weighted by atomic mass is 10.1. The first-order chi connectivity index (χ1) is 9.92. The van der Waals surface area contributed by atoms with Gasteiger partial charge in [-0.15, -0.1) is 0 Å². The normalized spacial score (nSPS) is 11.4. The number of aliphatic hydroxyl groups is 1. The van der Waals surface area contributed by atoms with Crippen LogP contribution in [0.2, 0.25) is 0 Å². The number of rotatable bonds is 5. The van der Waals surface area contributed by atoms with Crippen LogP contribution in [-0.4, -0.2) is 20.1 Å². The van der Waals surface area contributed by atoms with Gasteiger partial charge in [0.25, 0.3) is 10.0 Å². The fraction of sp³-hybridized carbons (Fsp3) is 0.250. The molecule has 0 saturated heterocycles. The van der Waals surface area contributed by atoms with Crippen LogP contribution in [0.15, 0.2) is 47.4 Å². The van der Waals surface area contributed by atoms with Crippen molar-refractivity contribution in [2.45, 2.75) is 25.2 Å². The molecule has 0 saturated carbocycles. The third kappa shape index (κ3) is 3.83. The molecule has 0 aliphatic carbocycles. The second-order valence-electron chi connectivity index (χ2n) is 5.04. The Kier molecular flexibility index (Phi) is 4.65. The van der Waals surface area contributed by atoms with E-state index in [1.54, 1.807) is 24.3 Å². The monoisotopic (exact) mass is 305 g/mol. The van der Waals surface area contributed by atoms with E-state index >= 15 is 0 Å². The van der Waals surface area contributed by atoms with E-state index in [1.807, 2.05) is 32.0 Å². The Hall–Kier alpha value is -1.85. The van der Waals surface area contributed by atoms with E-state index in [-0.39, 0.29) is 11.5 Å². The average molecular weight is 305 g/mol. The maximum atomic E-state index is 12.4.